The van der Waals surface area contributed by atoms with E-state index in [1.54, 1.807) is 38.3 Å². The maximum absolute atomic E-state index is 8.77. The second kappa shape index (κ2) is 4.85. The molecule has 0 aliphatic carbocycles. The standard InChI is InChI=1S/C10H12N2O.ClH/c1-10(12,7-11)8-3-5-9(13-2)6-4-8;/h3-6H,12H2,1-2H3;1H. The molecule has 1 aromatic rings. The Bertz CT molecular complexity index is 327. The molecule has 0 fully saturated rings. The van der Waals surface area contributed by atoms with E-state index in [1.807, 2.05) is 6.07 Å². The van der Waals surface area contributed by atoms with E-state index >= 15 is 0 Å². The van der Waals surface area contributed by atoms with E-state index in [9.17, 15) is 0 Å². The number of rotatable bonds is 2. The van der Waals surface area contributed by atoms with Crippen LogP contribution in [0.5, 0.6) is 5.75 Å². The van der Waals surface area contributed by atoms with E-state index in [0.29, 0.717) is 0 Å². The molecule has 0 aromatic heterocycles. The van der Waals surface area contributed by atoms with Crippen molar-refractivity contribution in [3.63, 3.8) is 0 Å². The van der Waals surface area contributed by atoms with Crippen molar-refractivity contribution >= 4 is 12.4 Å². The van der Waals surface area contributed by atoms with Crippen LogP contribution < -0.4 is 10.5 Å². The summed E-state index contributed by atoms with van der Waals surface area (Å²) in [6.07, 6.45) is 0. The van der Waals surface area contributed by atoms with Crippen molar-refractivity contribution in [2.24, 2.45) is 5.73 Å². The van der Waals surface area contributed by atoms with Crippen molar-refractivity contribution in [2.75, 3.05) is 7.11 Å². The summed E-state index contributed by atoms with van der Waals surface area (Å²) in [4.78, 5) is 0. The SMILES string of the molecule is COc1ccc(C(C)(N)C#N)cc1.Cl. The van der Waals surface area contributed by atoms with Crippen LogP contribution in [0.3, 0.4) is 0 Å². The van der Waals surface area contributed by atoms with Crippen molar-refractivity contribution in [2.45, 2.75) is 12.5 Å². The van der Waals surface area contributed by atoms with E-state index in [-0.39, 0.29) is 12.4 Å². The fraction of sp³-hybridized carbons (Fsp3) is 0.300. The van der Waals surface area contributed by atoms with Gasteiger partial charge in [-0.05, 0) is 24.6 Å². The molecule has 1 aromatic carbocycles. The quantitative estimate of drug-likeness (QED) is 0.814. The van der Waals surface area contributed by atoms with Gasteiger partial charge in [0.1, 0.15) is 11.3 Å². The molecule has 3 nitrogen and oxygen atoms in total. The molecule has 1 unspecified atom stereocenters. The highest BCUT2D eigenvalue weighted by Crippen LogP contribution is 2.19. The number of nitrogens with zero attached hydrogens (tertiary/aromatic N) is 1. The Hall–Kier alpha value is -1.24. The van der Waals surface area contributed by atoms with Gasteiger partial charge >= 0.3 is 0 Å². The number of hydrogen-bond acceptors (Lipinski definition) is 3. The Labute approximate surface area is 89.9 Å². The summed E-state index contributed by atoms with van der Waals surface area (Å²) in [5.74, 6) is 0.762. The minimum Gasteiger partial charge on any atom is -0.497 e. The first-order chi connectivity index (χ1) is 6.10. The first-order valence-corrected chi connectivity index (χ1v) is 3.95. The molecular formula is C10H13ClN2O. The normalized spacial score (nSPS) is 13.3. The van der Waals surface area contributed by atoms with E-state index in [0.717, 1.165) is 11.3 Å². The maximum Gasteiger partial charge on any atom is 0.126 e. The van der Waals surface area contributed by atoms with Crippen molar-refractivity contribution in [1.29, 1.82) is 5.26 Å². The zero-order valence-electron chi connectivity index (χ0n) is 8.15. The van der Waals surface area contributed by atoms with Gasteiger partial charge in [-0.25, -0.2) is 0 Å². The Balaban J connectivity index is 0.00000169. The topological polar surface area (TPSA) is 59.0 Å². The lowest BCUT2D eigenvalue weighted by molar-refractivity contribution is 0.414. The van der Waals surface area contributed by atoms with Crippen LogP contribution in [0, 0.1) is 11.3 Å². The second-order valence-corrected chi connectivity index (χ2v) is 3.04. The Morgan fingerprint density at radius 2 is 1.86 bits per heavy atom. The number of benzene rings is 1. The van der Waals surface area contributed by atoms with Gasteiger partial charge in [0.05, 0.1) is 13.2 Å². The summed E-state index contributed by atoms with van der Waals surface area (Å²) in [6.45, 7) is 1.68. The van der Waals surface area contributed by atoms with Crippen molar-refractivity contribution in [3.8, 4) is 11.8 Å². The summed E-state index contributed by atoms with van der Waals surface area (Å²) in [7, 11) is 1.60. The van der Waals surface area contributed by atoms with Gasteiger partial charge in [0.2, 0.25) is 0 Å². The summed E-state index contributed by atoms with van der Waals surface area (Å²) in [5.41, 5.74) is 5.59. The van der Waals surface area contributed by atoms with Gasteiger partial charge in [-0.3, -0.25) is 0 Å². The lowest BCUT2D eigenvalue weighted by Gasteiger charge is -2.15. The third kappa shape index (κ3) is 2.63. The van der Waals surface area contributed by atoms with Crippen molar-refractivity contribution in [3.05, 3.63) is 29.8 Å². The smallest absolute Gasteiger partial charge is 0.126 e. The molecule has 1 atom stereocenters. The summed E-state index contributed by atoms with van der Waals surface area (Å²) < 4.78 is 4.99. The summed E-state index contributed by atoms with van der Waals surface area (Å²) >= 11 is 0. The molecule has 0 radical (unpaired) electrons. The van der Waals surface area contributed by atoms with E-state index < -0.39 is 5.54 Å². The number of nitrogens with two attached hydrogens (primary N) is 1. The Morgan fingerprint density at radius 1 is 1.36 bits per heavy atom. The highest BCUT2D eigenvalue weighted by Gasteiger charge is 2.19. The molecule has 0 amide bonds. The largest absolute Gasteiger partial charge is 0.497 e. The van der Waals surface area contributed by atoms with E-state index in [1.165, 1.54) is 0 Å². The molecule has 0 saturated heterocycles. The highest BCUT2D eigenvalue weighted by molar-refractivity contribution is 5.85. The molecule has 0 heterocycles. The molecule has 4 heteroatoms. The van der Waals surface area contributed by atoms with Crippen LogP contribution in [-0.2, 0) is 5.54 Å². The van der Waals surface area contributed by atoms with Gasteiger partial charge < -0.3 is 10.5 Å². The second-order valence-electron chi connectivity index (χ2n) is 3.04. The van der Waals surface area contributed by atoms with Crippen LogP contribution in [0.25, 0.3) is 0 Å². The van der Waals surface area contributed by atoms with Gasteiger partial charge in [-0.15, -0.1) is 12.4 Å². The van der Waals surface area contributed by atoms with Crippen LogP contribution in [0.15, 0.2) is 24.3 Å². The number of hydrogen-bond donors (Lipinski definition) is 1. The van der Waals surface area contributed by atoms with Crippen LogP contribution in [0.4, 0.5) is 0 Å². The van der Waals surface area contributed by atoms with Gasteiger partial charge in [0.25, 0.3) is 0 Å². The average Bonchev–Trinajstić information content (AvgIpc) is 2.18. The van der Waals surface area contributed by atoms with Gasteiger partial charge in [0, 0.05) is 0 Å². The fourth-order valence-corrected chi connectivity index (χ4v) is 1.00. The highest BCUT2D eigenvalue weighted by atomic mass is 35.5. The van der Waals surface area contributed by atoms with Gasteiger partial charge in [-0.1, -0.05) is 12.1 Å². The lowest BCUT2D eigenvalue weighted by Crippen LogP contribution is -2.30. The number of halogens is 1. The molecule has 0 aliphatic heterocycles. The molecule has 0 saturated carbocycles. The summed E-state index contributed by atoms with van der Waals surface area (Å²) in [6, 6.07) is 9.20. The Kier molecular flexibility index (Phi) is 4.42. The fourth-order valence-electron chi connectivity index (χ4n) is 1.00. The first kappa shape index (κ1) is 12.8. The predicted octanol–water partition coefficient (Wildman–Crippen LogP) is 1.81. The molecule has 0 bridgehead atoms. The predicted molar refractivity (Wildman–Crippen MR) is 57.4 cm³/mol. The van der Waals surface area contributed by atoms with Crippen LogP contribution in [-0.4, -0.2) is 7.11 Å². The minimum absolute atomic E-state index is 0. The number of nitriles is 1. The van der Waals surface area contributed by atoms with Crippen molar-refractivity contribution in [1.82, 2.24) is 0 Å². The lowest BCUT2D eigenvalue weighted by atomic mass is 9.95. The van der Waals surface area contributed by atoms with E-state index in [2.05, 4.69) is 0 Å². The first-order valence-electron chi connectivity index (χ1n) is 3.95. The van der Waals surface area contributed by atoms with Gasteiger partial charge in [0.15, 0.2) is 0 Å². The molecule has 76 valence electrons. The average molecular weight is 213 g/mol. The molecule has 1 rings (SSSR count). The number of methoxy groups -OCH3 is 1. The zero-order valence-corrected chi connectivity index (χ0v) is 8.97. The zero-order chi connectivity index (χ0) is 9.90. The number of ether oxygens (including phenoxy) is 1. The minimum atomic E-state index is -0.924. The molecule has 2 N–H and O–H groups in total. The van der Waals surface area contributed by atoms with E-state index in [4.69, 9.17) is 15.7 Å². The van der Waals surface area contributed by atoms with Crippen molar-refractivity contribution < 1.29 is 4.74 Å². The monoisotopic (exact) mass is 212 g/mol. The third-order valence-corrected chi connectivity index (χ3v) is 1.92. The molecular weight excluding hydrogens is 200 g/mol. The Morgan fingerprint density at radius 3 is 2.21 bits per heavy atom. The van der Waals surface area contributed by atoms with Gasteiger partial charge in [-0.2, -0.15) is 5.26 Å². The molecule has 0 aliphatic rings. The molecule has 0 spiro atoms. The summed E-state index contributed by atoms with van der Waals surface area (Å²) in [5, 5.41) is 8.77. The van der Waals surface area contributed by atoms with Crippen LogP contribution in [0.1, 0.15) is 12.5 Å². The van der Waals surface area contributed by atoms with Crippen LogP contribution in [0.2, 0.25) is 0 Å². The third-order valence-electron chi connectivity index (χ3n) is 1.92. The molecule has 14 heavy (non-hydrogen) atoms. The maximum atomic E-state index is 8.77. The van der Waals surface area contributed by atoms with Crippen LogP contribution >= 0.6 is 12.4 Å².